The van der Waals surface area contributed by atoms with Crippen molar-refractivity contribution >= 4 is 11.6 Å². The van der Waals surface area contributed by atoms with Crippen LogP contribution >= 0.6 is 0 Å². The molecule has 1 saturated heterocycles. The number of ether oxygens (including phenoxy) is 1. The minimum atomic E-state index is 0.0340. The third-order valence-electron chi connectivity index (χ3n) is 8.05. The molecule has 3 heterocycles. The number of carbonyl (C=O) groups excluding carboxylic acids is 1. The lowest BCUT2D eigenvalue weighted by Crippen LogP contribution is -2.51. The smallest absolute Gasteiger partial charge is 0.268 e. The number of hydrogen-bond acceptors (Lipinski definition) is 4. The van der Waals surface area contributed by atoms with E-state index in [4.69, 9.17) is 9.72 Å². The summed E-state index contributed by atoms with van der Waals surface area (Å²) in [5.41, 5.74) is 2.91. The van der Waals surface area contributed by atoms with Gasteiger partial charge in [-0.2, -0.15) is 0 Å². The molecule has 7 rings (SSSR count). The van der Waals surface area contributed by atoms with E-state index in [1.807, 2.05) is 28.8 Å². The Morgan fingerprint density at radius 1 is 1.10 bits per heavy atom. The van der Waals surface area contributed by atoms with Gasteiger partial charge in [0.1, 0.15) is 11.3 Å². The Balaban J connectivity index is 1.17. The lowest BCUT2D eigenvalue weighted by molar-refractivity contribution is -0.0503. The van der Waals surface area contributed by atoms with E-state index in [0.717, 1.165) is 68.5 Å². The monoisotopic (exact) mass is 408 g/mol. The highest BCUT2D eigenvalue weighted by molar-refractivity contribution is 5.93. The summed E-state index contributed by atoms with van der Waals surface area (Å²) >= 11 is 0. The summed E-state index contributed by atoms with van der Waals surface area (Å²) in [6, 6.07) is 5.85. The van der Waals surface area contributed by atoms with Crippen LogP contribution < -0.4 is 5.32 Å². The number of aromatic nitrogens is 2. The first-order valence-electron chi connectivity index (χ1n) is 11.7. The zero-order valence-corrected chi connectivity index (χ0v) is 17.7. The molecule has 5 fully saturated rings. The van der Waals surface area contributed by atoms with Crippen molar-refractivity contribution in [3.05, 3.63) is 35.8 Å². The minimum Gasteiger partial charge on any atom is -0.379 e. The quantitative estimate of drug-likeness (QED) is 0.826. The summed E-state index contributed by atoms with van der Waals surface area (Å²) in [6.07, 6.45) is 10.3. The van der Waals surface area contributed by atoms with E-state index in [2.05, 4.69) is 10.2 Å². The van der Waals surface area contributed by atoms with Crippen LogP contribution in [0.5, 0.6) is 0 Å². The van der Waals surface area contributed by atoms with E-state index in [-0.39, 0.29) is 5.91 Å². The molecular formula is C24H32N4O2. The van der Waals surface area contributed by atoms with Crippen LogP contribution in [0.3, 0.4) is 0 Å². The lowest BCUT2D eigenvalue weighted by Gasteiger charge is -2.56. The average Bonchev–Trinajstić information content (AvgIpc) is 3.14. The molecule has 0 unspecified atom stereocenters. The van der Waals surface area contributed by atoms with Gasteiger partial charge in [-0.3, -0.25) is 14.1 Å². The molecule has 4 aliphatic carbocycles. The number of rotatable bonds is 5. The molecule has 160 valence electrons. The van der Waals surface area contributed by atoms with Crippen LogP contribution in [0.4, 0.5) is 0 Å². The molecule has 6 heteroatoms. The maximum Gasteiger partial charge on any atom is 0.268 e. The molecule has 6 nitrogen and oxygen atoms in total. The number of fused-ring (bicyclic) bond motifs is 1. The maximum absolute atomic E-state index is 13.2. The molecule has 4 saturated carbocycles. The van der Waals surface area contributed by atoms with Gasteiger partial charge >= 0.3 is 0 Å². The van der Waals surface area contributed by atoms with Gasteiger partial charge in [0.2, 0.25) is 0 Å². The highest BCUT2D eigenvalue weighted by atomic mass is 16.5. The van der Waals surface area contributed by atoms with Crippen molar-refractivity contribution < 1.29 is 9.53 Å². The highest BCUT2D eigenvalue weighted by Gasteiger charge is 2.50. The third kappa shape index (κ3) is 3.44. The topological polar surface area (TPSA) is 58.9 Å². The highest BCUT2D eigenvalue weighted by Crippen LogP contribution is 2.59. The van der Waals surface area contributed by atoms with Gasteiger partial charge < -0.3 is 10.1 Å². The van der Waals surface area contributed by atoms with Gasteiger partial charge in [0, 0.05) is 32.4 Å². The second kappa shape index (κ2) is 7.34. The zero-order chi connectivity index (χ0) is 20.1. The summed E-state index contributed by atoms with van der Waals surface area (Å²) in [5.74, 6) is 2.76. The first-order valence-corrected chi connectivity index (χ1v) is 11.7. The second-order valence-electron chi connectivity index (χ2n) is 10.4. The molecule has 1 N–H and O–H groups in total. The normalized spacial score (nSPS) is 33.3. The van der Waals surface area contributed by atoms with E-state index in [0.29, 0.717) is 11.1 Å². The Labute approximate surface area is 178 Å². The fourth-order valence-electron chi connectivity index (χ4n) is 7.18. The van der Waals surface area contributed by atoms with Crippen molar-refractivity contribution in [1.29, 1.82) is 0 Å². The Morgan fingerprint density at radius 2 is 1.80 bits per heavy atom. The zero-order valence-electron chi connectivity index (χ0n) is 17.7. The minimum absolute atomic E-state index is 0.0340. The first-order chi connectivity index (χ1) is 14.7. The van der Waals surface area contributed by atoms with Gasteiger partial charge in [-0.25, -0.2) is 4.98 Å². The Morgan fingerprint density at radius 3 is 2.50 bits per heavy atom. The van der Waals surface area contributed by atoms with Crippen LogP contribution in [0.25, 0.3) is 5.65 Å². The molecule has 0 aromatic carbocycles. The maximum atomic E-state index is 13.2. The number of amides is 1. The molecule has 4 bridgehead atoms. The van der Waals surface area contributed by atoms with Gasteiger partial charge in [-0.15, -0.1) is 0 Å². The predicted molar refractivity (Wildman–Crippen MR) is 114 cm³/mol. The molecule has 0 radical (unpaired) electrons. The van der Waals surface area contributed by atoms with E-state index in [9.17, 15) is 4.79 Å². The molecule has 30 heavy (non-hydrogen) atoms. The van der Waals surface area contributed by atoms with Gasteiger partial charge in [0.15, 0.2) is 0 Å². The standard InChI is InChI=1S/C24H32N4O2/c29-23(25-16-24-11-17-8-18(12-24)10-19(9-17)13-24)21-2-1-3-22-26-20(15-28(21)22)14-27-4-6-30-7-5-27/h1-3,15,17-19H,4-14,16H2,(H,25,29). The molecule has 2 aromatic heterocycles. The van der Waals surface area contributed by atoms with Crippen LogP contribution in [0.15, 0.2) is 24.4 Å². The Hall–Kier alpha value is -1.92. The fourth-order valence-corrected chi connectivity index (χ4v) is 7.18. The van der Waals surface area contributed by atoms with Crippen LogP contribution in [0, 0.1) is 23.2 Å². The van der Waals surface area contributed by atoms with Crippen molar-refractivity contribution in [2.24, 2.45) is 23.2 Å². The second-order valence-corrected chi connectivity index (χ2v) is 10.4. The van der Waals surface area contributed by atoms with Gasteiger partial charge in [-0.1, -0.05) is 6.07 Å². The van der Waals surface area contributed by atoms with Crippen molar-refractivity contribution in [3.8, 4) is 0 Å². The van der Waals surface area contributed by atoms with Gasteiger partial charge in [-0.05, 0) is 73.8 Å². The van der Waals surface area contributed by atoms with Crippen molar-refractivity contribution in [3.63, 3.8) is 0 Å². The third-order valence-corrected chi connectivity index (χ3v) is 8.05. The number of hydrogen-bond donors (Lipinski definition) is 1. The Bertz CT molecular complexity index is 911. The van der Waals surface area contributed by atoms with Crippen LogP contribution in [0.2, 0.25) is 0 Å². The Kier molecular flexibility index (Phi) is 4.61. The van der Waals surface area contributed by atoms with Crippen molar-refractivity contribution in [2.45, 2.75) is 45.1 Å². The molecule has 5 aliphatic rings. The predicted octanol–water partition coefficient (Wildman–Crippen LogP) is 3.11. The van der Waals surface area contributed by atoms with E-state index in [1.165, 1.54) is 38.5 Å². The molecular weight excluding hydrogens is 376 g/mol. The number of imidazole rings is 1. The van der Waals surface area contributed by atoms with Gasteiger partial charge in [0.25, 0.3) is 5.91 Å². The number of nitrogens with zero attached hydrogens (tertiary/aromatic N) is 3. The summed E-state index contributed by atoms with van der Waals surface area (Å²) in [4.78, 5) is 20.3. The van der Waals surface area contributed by atoms with Crippen molar-refractivity contribution in [1.82, 2.24) is 19.6 Å². The number of morpholine rings is 1. The van der Waals surface area contributed by atoms with Crippen LogP contribution in [0.1, 0.15) is 54.7 Å². The fraction of sp³-hybridized carbons (Fsp3) is 0.667. The van der Waals surface area contributed by atoms with Crippen LogP contribution in [-0.4, -0.2) is 53.0 Å². The number of nitrogens with one attached hydrogen (secondary N) is 1. The molecule has 0 spiro atoms. The summed E-state index contributed by atoms with van der Waals surface area (Å²) in [7, 11) is 0. The summed E-state index contributed by atoms with van der Waals surface area (Å²) < 4.78 is 7.40. The average molecular weight is 409 g/mol. The van der Waals surface area contributed by atoms with E-state index < -0.39 is 0 Å². The molecule has 0 atom stereocenters. The number of carbonyl (C=O) groups is 1. The van der Waals surface area contributed by atoms with E-state index >= 15 is 0 Å². The molecule has 1 amide bonds. The van der Waals surface area contributed by atoms with E-state index in [1.54, 1.807) is 0 Å². The molecule has 2 aromatic rings. The molecule has 1 aliphatic heterocycles. The largest absolute Gasteiger partial charge is 0.379 e. The lowest BCUT2D eigenvalue weighted by atomic mass is 9.49. The summed E-state index contributed by atoms with van der Waals surface area (Å²) in [6.45, 7) is 5.08. The van der Waals surface area contributed by atoms with Crippen molar-refractivity contribution in [2.75, 3.05) is 32.8 Å². The number of pyridine rings is 1. The summed E-state index contributed by atoms with van der Waals surface area (Å²) in [5, 5.41) is 3.32. The van der Waals surface area contributed by atoms with Gasteiger partial charge in [0.05, 0.1) is 18.9 Å². The SMILES string of the molecule is O=C(NCC12CC3CC(CC(C3)C1)C2)c1cccc2nc(CN3CCOCC3)cn12. The van der Waals surface area contributed by atoms with Crippen LogP contribution in [-0.2, 0) is 11.3 Å². The first kappa shape index (κ1) is 18.8.